The summed E-state index contributed by atoms with van der Waals surface area (Å²) in [5, 5.41) is 26.7. The molecule has 1 N–H and O–H groups in total. The molecule has 7 heteroatoms. The summed E-state index contributed by atoms with van der Waals surface area (Å²) in [6, 6.07) is 7.61. The van der Waals surface area contributed by atoms with E-state index in [1.807, 2.05) is 12.1 Å². The summed E-state index contributed by atoms with van der Waals surface area (Å²) in [7, 11) is 1.19. The van der Waals surface area contributed by atoms with E-state index >= 15 is 0 Å². The van der Waals surface area contributed by atoms with Gasteiger partial charge in [-0.25, -0.2) is 0 Å². The van der Waals surface area contributed by atoms with Crippen LogP contribution in [-0.2, 0) is 4.74 Å². The zero-order valence-corrected chi connectivity index (χ0v) is 10.5. The highest BCUT2D eigenvalue weighted by Crippen LogP contribution is 2.30. The van der Waals surface area contributed by atoms with Gasteiger partial charge in [0.15, 0.2) is 6.10 Å². The molecule has 0 aliphatic rings. The van der Waals surface area contributed by atoms with Gasteiger partial charge in [-0.3, -0.25) is 0 Å². The van der Waals surface area contributed by atoms with Crippen molar-refractivity contribution in [1.82, 2.24) is 0 Å². The van der Waals surface area contributed by atoms with Crippen LogP contribution in [0.2, 0.25) is 0 Å². The Hall–Kier alpha value is -2.09. The van der Waals surface area contributed by atoms with Crippen LogP contribution in [0.4, 0.5) is 13.2 Å². The fourth-order valence-corrected chi connectivity index (χ4v) is 1.67. The molecule has 0 bridgehead atoms. The first-order chi connectivity index (χ1) is 9.31. The number of nitriles is 2. The smallest absolute Gasteiger partial charge is 0.384 e. The van der Waals surface area contributed by atoms with Gasteiger partial charge in [0.2, 0.25) is 0 Å². The van der Waals surface area contributed by atoms with Crippen molar-refractivity contribution >= 4 is 0 Å². The second-order valence-corrected chi connectivity index (χ2v) is 4.08. The Balaban J connectivity index is 3.08. The summed E-state index contributed by atoms with van der Waals surface area (Å²) >= 11 is 0. The lowest BCUT2D eigenvalue weighted by molar-refractivity contribution is -0.212. The molecule has 0 saturated carbocycles. The maximum atomic E-state index is 12.3. The Morgan fingerprint density at radius 2 is 1.70 bits per heavy atom. The highest BCUT2D eigenvalue weighted by Gasteiger charge is 2.39. The Bertz CT molecular complexity index is 526. The van der Waals surface area contributed by atoms with Crippen molar-refractivity contribution in [2.45, 2.75) is 24.8 Å². The number of methoxy groups -OCH3 is 1. The summed E-state index contributed by atoms with van der Waals surface area (Å²) in [6.07, 6.45) is -9.06. The largest absolute Gasteiger partial charge is 0.414 e. The maximum Gasteiger partial charge on any atom is 0.414 e. The second-order valence-electron chi connectivity index (χ2n) is 4.08. The highest BCUT2D eigenvalue weighted by atomic mass is 19.4. The summed E-state index contributed by atoms with van der Waals surface area (Å²) < 4.78 is 41.9. The number of halogens is 3. The van der Waals surface area contributed by atoms with E-state index in [1.54, 1.807) is 0 Å². The van der Waals surface area contributed by atoms with Gasteiger partial charge in [0.1, 0.15) is 0 Å². The molecule has 0 fully saturated rings. The molecule has 0 aliphatic heterocycles. The summed E-state index contributed by atoms with van der Waals surface area (Å²) in [5.74, 6) is 0. The SMILES string of the molecule is COC(CC(O)C(F)(F)F)c1cc(C#N)cc(C#N)c1. The molecule has 0 radical (unpaired) electrons. The number of hydrogen-bond donors (Lipinski definition) is 1. The van der Waals surface area contributed by atoms with Crippen molar-refractivity contribution in [3.05, 3.63) is 34.9 Å². The molecular weight excluding hydrogens is 273 g/mol. The highest BCUT2D eigenvalue weighted by molar-refractivity contribution is 5.43. The van der Waals surface area contributed by atoms with E-state index in [4.69, 9.17) is 20.4 Å². The molecule has 1 rings (SSSR count). The van der Waals surface area contributed by atoms with Crippen LogP contribution >= 0.6 is 0 Å². The van der Waals surface area contributed by atoms with E-state index in [1.165, 1.54) is 25.3 Å². The average Bonchev–Trinajstić information content (AvgIpc) is 2.42. The van der Waals surface area contributed by atoms with E-state index in [2.05, 4.69) is 0 Å². The molecule has 4 nitrogen and oxygen atoms in total. The predicted molar refractivity (Wildman–Crippen MR) is 62.3 cm³/mol. The fourth-order valence-electron chi connectivity index (χ4n) is 1.67. The van der Waals surface area contributed by atoms with E-state index in [0.717, 1.165) is 0 Å². The van der Waals surface area contributed by atoms with Crippen molar-refractivity contribution in [2.75, 3.05) is 7.11 Å². The van der Waals surface area contributed by atoms with Crippen molar-refractivity contribution in [3.63, 3.8) is 0 Å². The number of nitrogens with zero attached hydrogens (tertiary/aromatic N) is 2. The molecule has 0 aliphatic carbocycles. The van der Waals surface area contributed by atoms with Crippen LogP contribution in [0.15, 0.2) is 18.2 Å². The summed E-state index contributed by atoms with van der Waals surface area (Å²) in [4.78, 5) is 0. The lowest BCUT2D eigenvalue weighted by atomic mass is 9.98. The Labute approximate surface area is 113 Å². The number of aliphatic hydroxyl groups excluding tert-OH is 1. The first-order valence-electron chi connectivity index (χ1n) is 5.54. The number of rotatable bonds is 4. The van der Waals surface area contributed by atoms with Crippen molar-refractivity contribution in [3.8, 4) is 12.1 Å². The maximum absolute atomic E-state index is 12.3. The minimum atomic E-state index is -4.75. The molecule has 0 spiro atoms. The molecule has 0 aromatic heterocycles. The van der Waals surface area contributed by atoms with Crippen molar-refractivity contribution in [2.24, 2.45) is 0 Å². The van der Waals surface area contributed by atoms with Crippen LogP contribution in [0.3, 0.4) is 0 Å². The molecule has 20 heavy (non-hydrogen) atoms. The number of alkyl halides is 3. The summed E-state index contributed by atoms with van der Waals surface area (Å²) in [6.45, 7) is 0. The molecule has 1 aromatic carbocycles. The zero-order chi connectivity index (χ0) is 15.3. The third-order valence-corrected chi connectivity index (χ3v) is 2.69. The lowest BCUT2D eigenvalue weighted by Crippen LogP contribution is -2.30. The Morgan fingerprint density at radius 3 is 2.05 bits per heavy atom. The minimum Gasteiger partial charge on any atom is -0.384 e. The molecule has 2 atom stereocenters. The quantitative estimate of drug-likeness (QED) is 0.921. The van der Waals surface area contributed by atoms with Crippen LogP contribution in [0.5, 0.6) is 0 Å². The van der Waals surface area contributed by atoms with Crippen molar-refractivity contribution < 1.29 is 23.0 Å². The van der Waals surface area contributed by atoms with Gasteiger partial charge < -0.3 is 9.84 Å². The first-order valence-corrected chi connectivity index (χ1v) is 5.54. The molecule has 0 amide bonds. The van der Waals surface area contributed by atoms with E-state index < -0.39 is 24.8 Å². The van der Waals surface area contributed by atoms with Crippen LogP contribution in [0, 0.1) is 22.7 Å². The van der Waals surface area contributed by atoms with Crippen LogP contribution in [-0.4, -0.2) is 24.5 Å². The monoisotopic (exact) mass is 284 g/mol. The van der Waals surface area contributed by atoms with Gasteiger partial charge in [-0.15, -0.1) is 0 Å². The summed E-state index contributed by atoms with van der Waals surface area (Å²) in [5.41, 5.74) is 0.525. The lowest BCUT2D eigenvalue weighted by Gasteiger charge is -2.21. The predicted octanol–water partition coefficient (Wildman–Crippen LogP) is 2.43. The number of aliphatic hydroxyl groups is 1. The van der Waals surface area contributed by atoms with Gasteiger partial charge in [-0.2, -0.15) is 23.7 Å². The van der Waals surface area contributed by atoms with Gasteiger partial charge in [-0.1, -0.05) is 0 Å². The first kappa shape index (κ1) is 16.0. The molecule has 0 saturated heterocycles. The number of benzene rings is 1. The van der Waals surface area contributed by atoms with Gasteiger partial charge in [0.05, 0.1) is 29.4 Å². The van der Waals surface area contributed by atoms with Gasteiger partial charge in [-0.05, 0) is 23.8 Å². The third kappa shape index (κ3) is 3.95. The van der Waals surface area contributed by atoms with E-state index in [0.29, 0.717) is 0 Å². The van der Waals surface area contributed by atoms with Gasteiger partial charge >= 0.3 is 6.18 Å². The third-order valence-electron chi connectivity index (χ3n) is 2.69. The van der Waals surface area contributed by atoms with Crippen molar-refractivity contribution in [1.29, 1.82) is 10.5 Å². The normalized spacial score (nSPS) is 14.2. The van der Waals surface area contributed by atoms with Crippen LogP contribution < -0.4 is 0 Å². The molecular formula is C13H11F3N2O2. The molecule has 0 heterocycles. The minimum absolute atomic E-state index is 0.141. The standard InChI is InChI=1S/C13H11F3N2O2/c1-20-11(5-12(19)13(14,15)16)10-3-8(6-17)2-9(4-10)7-18/h2-4,11-12,19H,5H2,1H3. The van der Waals surface area contributed by atoms with Gasteiger partial charge in [0.25, 0.3) is 0 Å². The Kier molecular flexibility index (Phi) is 5.09. The van der Waals surface area contributed by atoms with Crippen LogP contribution in [0.1, 0.15) is 29.2 Å². The average molecular weight is 284 g/mol. The molecule has 106 valence electrons. The number of hydrogen-bond acceptors (Lipinski definition) is 4. The number of ether oxygens (including phenoxy) is 1. The molecule has 1 aromatic rings. The van der Waals surface area contributed by atoms with Crippen LogP contribution in [0.25, 0.3) is 0 Å². The second kappa shape index (κ2) is 6.38. The van der Waals surface area contributed by atoms with Gasteiger partial charge in [0, 0.05) is 13.5 Å². The topological polar surface area (TPSA) is 77.0 Å². The molecule has 2 unspecified atom stereocenters. The Morgan fingerprint density at radius 1 is 1.20 bits per heavy atom. The van der Waals surface area contributed by atoms with E-state index in [-0.39, 0.29) is 16.7 Å². The fraction of sp³-hybridized carbons (Fsp3) is 0.385. The zero-order valence-electron chi connectivity index (χ0n) is 10.5. The van der Waals surface area contributed by atoms with E-state index in [9.17, 15) is 13.2 Å².